The van der Waals surface area contributed by atoms with E-state index in [1.807, 2.05) is 78.9 Å². The van der Waals surface area contributed by atoms with Crippen molar-refractivity contribution in [3.8, 4) is 0 Å². The van der Waals surface area contributed by atoms with E-state index in [-0.39, 0.29) is 19.8 Å². The molecule has 226 valence electrons. The summed E-state index contributed by atoms with van der Waals surface area (Å²) in [6, 6.07) is 34.1. The third-order valence-electron chi connectivity index (χ3n) is 6.53. The highest BCUT2D eigenvalue weighted by atomic mass is 16.6. The van der Waals surface area contributed by atoms with Gasteiger partial charge in [0.1, 0.15) is 25.9 Å². The van der Waals surface area contributed by atoms with Gasteiger partial charge in [-0.2, -0.15) is 0 Å². The van der Waals surface area contributed by atoms with Crippen molar-refractivity contribution in [3.05, 3.63) is 144 Å². The summed E-state index contributed by atoms with van der Waals surface area (Å²) in [7, 11) is 0. The first-order valence-corrected chi connectivity index (χ1v) is 14.2. The highest BCUT2D eigenvalue weighted by Crippen LogP contribution is 2.09. The molecule has 0 spiro atoms. The average molecular weight is 595 g/mol. The highest BCUT2D eigenvalue weighted by molar-refractivity contribution is 5.90. The lowest BCUT2D eigenvalue weighted by Gasteiger charge is -2.23. The Morgan fingerprint density at radius 1 is 0.568 bits per heavy atom. The smallest absolute Gasteiger partial charge is 0.408 e. The Balaban J connectivity index is 1.44. The zero-order chi connectivity index (χ0) is 31.0. The monoisotopic (exact) mass is 594 g/mol. The van der Waals surface area contributed by atoms with E-state index in [9.17, 15) is 19.2 Å². The van der Waals surface area contributed by atoms with E-state index >= 15 is 0 Å². The molecular formula is C35H34N2O7. The van der Waals surface area contributed by atoms with Gasteiger partial charge in [0.05, 0.1) is 18.0 Å². The van der Waals surface area contributed by atoms with E-state index in [1.165, 1.54) is 0 Å². The largest absolute Gasteiger partial charge is 0.461 e. The van der Waals surface area contributed by atoms with Gasteiger partial charge in [-0.15, -0.1) is 0 Å². The Labute approximate surface area is 256 Å². The molecule has 0 bridgehead atoms. The van der Waals surface area contributed by atoms with Gasteiger partial charge in [0.25, 0.3) is 0 Å². The van der Waals surface area contributed by atoms with Crippen LogP contribution in [0.4, 0.5) is 4.79 Å². The zero-order valence-electron chi connectivity index (χ0n) is 24.1. The molecule has 0 aliphatic carbocycles. The molecule has 0 saturated carbocycles. The molecule has 2 N–H and O–H groups in total. The second-order valence-corrected chi connectivity index (χ2v) is 9.97. The summed E-state index contributed by atoms with van der Waals surface area (Å²) < 4.78 is 16.2. The molecule has 4 aromatic carbocycles. The molecular weight excluding hydrogens is 560 g/mol. The predicted octanol–water partition coefficient (Wildman–Crippen LogP) is 5.00. The third kappa shape index (κ3) is 10.8. The Morgan fingerprint density at radius 2 is 1.07 bits per heavy atom. The summed E-state index contributed by atoms with van der Waals surface area (Å²) in [5.74, 6) is -1.89. The number of rotatable bonds is 14. The number of hydrogen-bond acceptors (Lipinski definition) is 7. The number of ether oxygens (including phenoxy) is 3. The SMILES string of the molecule is O=C(C[C@H](NC(=O)OCc1ccccc1)C(=O)N[C@H](COC(=O)c1ccccc1)Cc1ccccc1)OCc1ccccc1. The molecule has 9 heteroatoms. The quantitative estimate of drug-likeness (QED) is 0.156. The molecule has 0 radical (unpaired) electrons. The van der Waals surface area contributed by atoms with Gasteiger partial charge >= 0.3 is 18.0 Å². The van der Waals surface area contributed by atoms with Crippen molar-refractivity contribution in [1.29, 1.82) is 0 Å². The highest BCUT2D eigenvalue weighted by Gasteiger charge is 2.28. The molecule has 2 atom stereocenters. The number of benzene rings is 4. The fourth-order valence-corrected chi connectivity index (χ4v) is 4.27. The van der Waals surface area contributed by atoms with Crippen molar-refractivity contribution in [1.82, 2.24) is 10.6 Å². The Kier molecular flexibility index (Phi) is 12.1. The molecule has 0 aliphatic heterocycles. The number of nitrogens with one attached hydrogen (secondary N) is 2. The Morgan fingerprint density at radius 3 is 1.64 bits per heavy atom. The van der Waals surface area contributed by atoms with Gasteiger partial charge in [-0.1, -0.05) is 109 Å². The van der Waals surface area contributed by atoms with Crippen LogP contribution < -0.4 is 10.6 Å². The summed E-state index contributed by atoms with van der Waals surface area (Å²) in [5, 5.41) is 5.33. The van der Waals surface area contributed by atoms with E-state index in [0.717, 1.165) is 16.7 Å². The second kappa shape index (κ2) is 16.9. The summed E-state index contributed by atoms with van der Waals surface area (Å²) in [5.41, 5.74) is 2.80. The van der Waals surface area contributed by atoms with Crippen LogP contribution in [0.2, 0.25) is 0 Å². The molecule has 4 rings (SSSR count). The van der Waals surface area contributed by atoms with E-state index < -0.39 is 42.4 Å². The Hall–Kier alpha value is -5.44. The standard InChI is InChI=1S/C35H34N2O7/c38-32(42-23-27-15-7-2-8-16-27)22-31(37-35(41)44-24-28-17-9-3-10-18-28)33(39)36-30(21-26-13-5-1-6-14-26)25-43-34(40)29-19-11-4-12-20-29/h1-20,30-31H,21-25H2,(H,36,39)(H,37,41)/t30-,31-/m0/s1. The lowest BCUT2D eigenvalue weighted by molar-refractivity contribution is -0.147. The number of hydrogen-bond donors (Lipinski definition) is 2. The van der Waals surface area contributed by atoms with Crippen LogP contribution in [0.15, 0.2) is 121 Å². The van der Waals surface area contributed by atoms with Gasteiger partial charge in [-0.3, -0.25) is 9.59 Å². The van der Waals surface area contributed by atoms with Gasteiger partial charge in [-0.05, 0) is 35.2 Å². The summed E-state index contributed by atoms with van der Waals surface area (Å²) in [6.45, 7) is -0.151. The minimum Gasteiger partial charge on any atom is -0.461 e. The van der Waals surface area contributed by atoms with Gasteiger partial charge in [-0.25, -0.2) is 9.59 Å². The van der Waals surface area contributed by atoms with E-state index in [2.05, 4.69) is 10.6 Å². The van der Waals surface area contributed by atoms with Crippen molar-refractivity contribution in [3.63, 3.8) is 0 Å². The van der Waals surface area contributed by atoms with E-state index in [4.69, 9.17) is 14.2 Å². The molecule has 9 nitrogen and oxygen atoms in total. The molecule has 44 heavy (non-hydrogen) atoms. The van der Waals surface area contributed by atoms with Gasteiger partial charge in [0, 0.05) is 0 Å². The van der Waals surface area contributed by atoms with Crippen LogP contribution in [-0.2, 0) is 43.4 Å². The first-order chi connectivity index (χ1) is 21.5. The van der Waals surface area contributed by atoms with Crippen LogP contribution in [0, 0.1) is 0 Å². The first-order valence-electron chi connectivity index (χ1n) is 14.2. The minimum absolute atomic E-state index is 0.0124. The maximum atomic E-state index is 13.5. The van der Waals surface area contributed by atoms with Crippen molar-refractivity contribution >= 4 is 23.9 Å². The fourth-order valence-electron chi connectivity index (χ4n) is 4.27. The van der Waals surface area contributed by atoms with Gasteiger partial charge in [0.15, 0.2) is 0 Å². The number of amides is 2. The lowest BCUT2D eigenvalue weighted by Crippen LogP contribution is -2.52. The molecule has 0 heterocycles. The van der Waals surface area contributed by atoms with Crippen LogP contribution in [0.3, 0.4) is 0 Å². The molecule has 0 fully saturated rings. The van der Waals surface area contributed by atoms with Crippen LogP contribution in [0.25, 0.3) is 0 Å². The average Bonchev–Trinajstić information content (AvgIpc) is 3.06. The number of carbonyl (C=O) groups excluding carboxylic acids is 4. The fraction of sp³-hybridized carbons (Fsp3) is 0.200. The topological polar surface area (TPSA) is 120 Å². The Bertz CT molecular complexity index is 1430. The molecule has 0 saturated heterocycles. The van der Waals surface area contributed by atoms with Crippen LogP contribution in [-0.4, -0.2) is 42.6 Å². The predicted molar refractivity (Wildman–Crippen MR) is 163 cm³/mol. The van der Waals surface area contributed by atoms with Gasteiger partial charge < -0.3 is 24.8 Å². The van der Waals surface area contributed by atoms with E-state index in [1.54, 1.807) is 42.5 Å². The molecule has 0 aliphatic rings. The molecule has 0 aromatic heterocycles. The van der Waals surface area contributed by atoms with Crippen molar-refractivity contribution < 1.29 is 33.4 Å². The molecule has 0 unspecified atom stereocenters. The number of carbonyl (C=O) groups is 4. The molecule has 2 amide bonds. The minimum atomic E-state index is -1.32. The van der Waals surface area contributed by atoms with Crippen molar-refractivity contribution in [2.75, 3.05) is 6.61 Å². The third-order valence-corrected chi connectivity index (χ3v) is 6.53. The zero-order valence-corrected chi connectivity index (χ0v) is 24.1. The lowest BCUT2D eigenvalue weighted by atomic mass is 10.1. The van der Waals surface area contributed by atoms with Crippen LogP contribution in [0.5, 0.6) is 0 Å². The van der Waals surface area contributed by atoms with Crippen molar-refractivity contribution in [2.45, 2.75) is 38.1 Å². The summed E-state index contributed by atoms with van der Waals surface area (Å²) >= 11 is 0. The maximum absolute atomic E-state index is 13.5. The summed E-state index contributed by atoms with van der Waals surface area (Å²) in [4.78, 5) is 51.7. The van der Waals surface area contributed by atoms with Gasteiger partial charge in [0.2, 0.25) is 5.91 Å². The molecule has 4 aromatic rings. The second-order valence-electron chi connectivity index (χ2n) is 9.97. The number of esters is 2. The van der Waals surface area contributed by atoms with Crippen LogP contribution in [0.1, 0.15) is 33.5 Å². The van der Waals surface area contributed by atoms with E-state index in [0.29, 0.717) is 12.0 Å². The van der Waals surface area contributed by atoms with Crippen molar-refractivity contribution in [2.24, 2.45) is 0 Å². The summed E-state index contributed by atoms with van der Waals surface area (Å²) in [6.07, 6.45) is -0.987. The normalized spacial score (nSPS) is 11.8. The first kappa shape index (κ1) is 31.5. The van der Waals surface area contributed by atoms with Crippen LogP contribution >= 0.6 is 0 Å². The number of alkyl carbamates (subject to hydrolysis) is 1. The maximum Gasteiger partial charge on any atom is 0.408 e.